The van der Waals surface area contributed by atoms with E-state index in [0.717, 1.165) is 34.7 Å². The molecule has 0 aliphatic rings. The number of nitrogens with zero attached hydrogens (tertiary/aromatic N) is 2. The molecule has 4 aromatic carbocycles. The van der Waals surface area contributed by atoms with Crippen LogP contribution in [0.25, 0.3) is 33.2 Å². The predicted octanol–water partition coefficient (Wildman–Crippen LogP) is 7.96. The fourth-order valence-electron chi connectivity index (χ4n) is 4.23. The van der Waals surface area contributed by atoms with E-state index in [2.05, 4.69) is 16.8 Å². The number of nitrogens with one attached hydrogen (secondary N) is 1. The van der Waals surface area contributed by atoms with Crippen LogP contribution in [0.5, 0.6) is 0 Å². The minimum atomic E-state index is -1.49. The van der Waals surface area contributed by atoms with Gasteiger partial charge in [0.1, 0.15) is 17.0 Å². The lowest BCUT2D eigenvalue weighted by atomic mass is 10.0. The second kappa shape index (κ2) is 8.82. The summed E-state index contributed by atoms with van der Waals surface area (Å²) in [6, 6.07) is 19.3. The van der Waals surface area contributed by atoms with Crippen LogP contribution in [-0.4, -0.2) is 9.55 Å². The number of benzene rings is 4. The largest absolute Gasteiger partial charge is 0.349 e. The average Bonchev–Trinajstić information content (AvgIpc) is 3.22. The van der Waals surface area contributed by atoms with Crippen molar-refractivity contribution in [1.29, 1.82) is 0 Å². The Morgan fingerprint density at radius 2 is 1.56 bits per heavy atom. The normalized spacial score (nSPS) is 11.4. The molecule has 0 saturated heterocycles. The Hall–Kier alpha value is -3.87. The molecule has 7 heteroatoms. The number of imidazole rings is 1. The van der Waals surface area contributed by atoms with Crippen molar-refractivity contribution in [2.75, 3.05) is 5.32 Å². The molecule has 0 saturated carbocycles. The van der Waals surface area contributed by atoms with E-state index in [1.807, 2.05) is 48.5 Å². The van der Waals surface area contributed by atoms with E-state index in [-0.39, 0.29) is 11.8 Å². The van der Waals surface area contributed by atoms with E-state index >= 15 is 0 Å². The van der Waals surface area contributed by atoms with E-state index < -0.39 is 29.0 Å². The topological polar surface area (TPSA) is 29.9 Å². The molecule has 0 fully saturated rings. The summed E-state index contributed by atoms with van der Waals surface area (Å²) in [7, 11) is 0. The van der Waals surface area contributed by atoms with Gasteiger partial charge in [-0.2, -0.15) is 0 Å². The van der Waals surface area contributed by atoms with Crippen molar-refractivity contribution < 1.29 is 17.6 Å². The molecule has 5 aromatic rings. The van der Waals surface area contributed by atoms with Crippen LogP contribution in [0.1, 0.15) is 19.8 Å². The molecule has 0 bridgehead atoms. The molecule has 5 rings (SSSR count). The second-order valence-corrected chi connectivity index (χ2v) is 8.11. The third-order valence-corrected chi connectivity index (χ3v) is 5.92. The fourth-order valence-corrected chi connectivity index (χ4v) is 4.23. The van der Waals surface area contributed by atoms with Gasteiger partial charge in [-0.05, 0) is 29.3 Å². The van der Waals surface area contributed by atoms with E-state index in [1.165, 1.54) is 0 Å². The first-order valence-electron chi connectivity index (χ1n) is 11.1. The van der Waals surface area contributed by atoms with Gasteiger partial charge in [-0.15, -0.1) is 0 Å². The van der Waals surface area contributed by atoms with Crippen LogP contribution in [0.4, 0.5) is 28.9 Å². The molecule has 1 N–H and O–H groups in total. The molecule has 172 valence electrons. The maximum absolute atomic E-state index is 14.3. The highest BCUT2D eigenvalue weighted by Crippen LogP contribution is 2.35. The summed E-state index contributed by atoms with van der Waals surface area (Å²) in [6.45, 7) is 2.78. The summed E-state index contributed by atoms with van der Waals surface area (Å²) in [6.07, 6.45) is 1.87. The van der Waals surface area contributed by atoms with Gasteiger partial charge in [0.05, 0.1) is 11.2 Å². The number of hydrogen-bond donors (Lipinski definition) is 1. The van der Waals surface area contributed by atoms with Gasteiger partial charge in [0, 0.05) is 18.2 Å². The summed E-state index contributed by atoms with van der Waals surface area (Å²) in [5.41, 5.74) is 1.48. The van der Waals surface area contributed by atoms with Crippen molar-refractivity contribution >= 4 is 33.2 Å². The maximum atomic E-state index is 14.3. The number of aromatic nitrogens is 2. The van der Waals surface area contributed by atoms with Crippen LogP contribution < -0.4 is 5.32 Å². The zero-order valence-corrected chi connectivity index (χ0v) is 18.4. The minimum absolute atomic E-state index is 0.189. The lowest BCUT2D eigenvalue weighted by Crippen LogP contribution is -2.03. The highest BCUT2D eigenvalue weighted by atomic mass is 19.2. The van der Waals surface area contributed by atoms with Crippen molar-refractivity contribution in [1.82, 2.24) is 9.55 Å². The van der Waals surface area contributed by atoms with Crippen molar-refractivity contribution in [2.24, 2.45) is 0 Å². The van der Waals surface area contributed by atoms with Gasteiger partial charge in [0.2, 0.25) is 0 Å². The predicted molar refractivity (Wildman–Crippen MR) is 127 cm³/mol. The first-order valence-corrected chi connectivity index (χ1v) is 11.1. The zero-order valence-electron chi connectivity index (χ0n) is 18.4. The van der Waals surface area contributed by atoms with Crippen LogP contribution in [0.15, 0.2) is 66.7 Å². The molecular formula is C27H21F4N3. The molecule has 0 aliphatic carbocycles. The highest BCUT2D eigenvalue weighted by molar-refractivity contribution is 5.99. The average molecular weight is 463 g/mol. The monoisotopic (exact) mass is 463 g/mol. The fraction of sp³-hybridized carbons (Fsp3) is 0.148. The Bertz CT molecular complexity index is 1490. The Kier molecular flexibility index (Phi) is 5.69. The number of para-hydroxylation sites is 1. The number of fused-ring (bicyclic) bond motifs is 2. The molecular weight excluding hydrogens is 442 g/mol. The Labute approximate surface area is 193 Å². The van der Waals surface area contributed by atoms with E-state index in [9.17, 15) is 17.6 Å². The number of hydrogen-bond acceptors (Lipinski definition) is 2. The molecule has 0 amide bonds. The third kappa shape index (κ3) is 3.67. The van der Waals surface area contributed by atoms with Crippen molar-refractivity contribution in [2.45, 2.75) is 26.3 Å². The first kappa shape index (κ1) is 21.9. The number of anilines is 2. The van der Waals surface area contributed by atoms with Crippen LogP contribution >= 0.6 is 0 Å². The zero-order chi connectivity index (χ0) is 23.8. The molecule has 0 unspecified atom stereocenters. The SMILES string of the molecule is CCCCn1c(-c2cccc3ccccc23)nc2c(Nc3c(F)c(F)cc(F)c3F)cccc21. The van der Waals surface area contributed by atoms with E-state index in [0.29, 0.717) is 17.9 Å². The van der Waals surface area contributed by atoms with Crippen molar-refractivity contribution in [3.63, 3.8) is 0 Å². The summed E-state index contributed by atoms with van der Waals surface area (Å²) in [4.78, 5) is 4.85. The van der Waals surface area contributed by atoms with Gasteiger partial charge in [-0.25, -0.2) is 22.5 Å². The number of unbranched alkanes of at least 4 members (excludes halogenated alkanes) is 1. The molecule has 0 atom stereocenters. The van der Waals surface area contributed by atoms with E-state index in [1.54, 1.807) is 12.1 Å². The van der Waals surface area contributed by atoms with Gasteiger partial charge in [-0.1, -0.05) is 61.9 Å². The number of rotatable bonds is 6. The Morgan fingerprint density at radius 3 is 2.32 bits per heavy atom. The third-order valence-electron chi connectivity index (χ3n) is 5.92. The molecule has 34 heavy (non-hydrogen) atoms. The molecule has 0 spiro atoms. The van der Waals surface area contributed by atoms with E-state index in [4.69, 9.17) is 4.98 Å². The standard InChI is InChI=1S/C27H21F4N3/c1-2-3-14-34-22-13-7-12-21(32-26-23(30)19(28)15-20(29)24(26)31)25(22)33-27(34)18-11-6-9-16-8-4-5-10-17(16)18/h4-13,15,32H,2-3,14H2,1H3. The highest BCUT2D eigenvalue weighted by Gasteiger charge is 2.22. The molecule has 0 aliphatic heterocycles. The summed E-state index contributed by atoms with van der Waals surface area (Å²) < 4.78 is 58.3. The first-order chi connectivity index (χ1) is 16.5. The van der Waals surface area contributed by atoms with Crippen LogP contribution in [0, 0.1) is 23.3 Å². The van der Waals surface area contributed by atoms with Gasteiger partial charge in [0.25, 0.3) is 0 Å². The van der Waals surface area contributed by atoms with Crippen molar-refractivity contribution in [3.8, 4) is 11.4 Å². The van der Waals surface area contributed by atoms with Gasteiger partial charge in [0.15, 0.2) is 23.3 Å². The van der Waals surface area contributed by atoms with Gasteiger partial charge in [-0.3, -0.25) is 0 Å². The lowest BCUT2D eigenvalue weighted by molar-refractivity contribution is 0.459. The lowest BCUT2D eigenvalue weighted by Gasteiger charge is -2.12. The van der Waals surface area contributed by atoms with Crippen LogP contribution in [0.2, 0.25) is 0 Å². The summed E-state index contributed by atoms with van der Waals surface area (Å²) >= 11 is 0. The minimum Gasteiger partial charge on any atom is -0.349 e. The van der Waals surface area contributed by atoms with Crippen molar-refractivity contribution in [3.05, 3.63) is 90.0 Å². The molecule has 1 heterocycles. The van der Waals surface area contributed by atoms with Gasteiger partial charge >= 0.3 is 0 Å². The molecule has 3 nitrogen and oxygen atoms in total. The smallest absolute Gasteiger partial charge is 0.185 e. The maximum Gasteiger partial charge on any atom is 0.185 e. The number of aryl methyl sites for hydroxylation is 1. The number of halogens is 4. The Morgan fingerprint density at radius 1 is 0.853 bits per heavy atom. The van der Waals surface area contributed by atoms with Crippen LogP contribution in [-0.2, 0) is 6.54 Å². The van der Waals surface area contributed by atoms with Crippen LogP contribution in [0.3, 0.4) is 0 Å². The quantitative estimate of drug-likeness (QED) is 0.205. The molecule has 0 radical (unpaired) electrons. The van der Waals surface area contributed by atoms with Gasteiger partial charge < -0.3 is 9.88 Å². The summed E-state index contributed by atoms with van der Waals surface area (Å²) in [5.74, 6) is -5.22. The molecule has 1 aromatic heterocycles. The summed E-state index contributed by atoms with van der Waals surface area (Å²) in [5, 5.41) is 4.63. The second-order valence-electron chi connectivity index (χ2n) is 8.11. The Balaban J connectivity index is 1.73.